The molecule has 1 aliphatic carbocycles. The van der Waals surface area contributed by atoms with Gasteiger partial charge >= 0.3 is 6.09 Å². The number of ether oxygens (including phenoxy) is 1. The van der Waals surface area contributed by atoms with Crippen molar-refractivity contribution >= 4 is 12.0 Å². The summed E-state index contributed by atoms with van der Waals surface area (Å²) < 4.78 is 6.73. The minimum Gasteiger partial charge on any atom is -0.453 e. The van der Waals surface area contributed by atoms with Gasteiger partial charge in [0.15, 0.2) is 5.69 Å². The van der Waals surface area contributed by atoms with E-state index in [2.05, 4.69) is 0 Å². The Morgan fingerprint density at radius 1 is 0.963 bits per heavy atom. The molecule has 2 amide bonds. The molecule has 2 aromatic rings. The Hall–Kier alpha value is -2.83. The normalized spacial score (nSPS) is 16.8. The van der Waals surface area contributed by atoms with E-state index in [1.54, 1.807) is 4.90 Å². The quantitative estimate of drug-likeness (QED) is 0.816. The predicted octanol–water partition coefficient (Wildman–Crippen LogP) is 2.28. The molecule has 0 spiro atoms. The number of fused-ring (bicyclic) bond motifs is 1. The fourth-order valence-electron chi connectivity index (χ4n) is 3.97. The summed E-state index contributed by atoms with van der Waals surface area (Å²) in [7, 11) is 1.38. The average Bonchev–Trinajstić information content (AvgIpc) is 3.22. The third-order valence-electron chi connectivity index (χ3n) is 5.35. The van der Waals surface area contributed by atoms with Crippen LogP contribution in [0.4, 0.5) is 4.79 Å². The lowest BCUT2D eigenvalue weighted by Crippen LogP contribution is -2.37. The smallest absolute Gasteiger partial charge is 0.409 e. The molecule has 1 aromatic carbocycles. The molecule has 2 heterocycles. The van der Waals surface area contributed by atoms with E-state index in [0.717, 1.165) is 42.6 Å². The Bertz CT molecular complexity index is 846. The van der Waals surface area contributed by atoms with E-state index >= 15 is 0 Å². The summed E-state index contributed by atoms with van der Waals surface area (Å²) in [5.74, 6) is -0.0328. The number of aromatic nitrogens is 2. The Kier molecular flexibility index (Phi) is 4.83. The van der Waals surface area contributed by atoms with Crippen LogP contribution < -0.4 is 0 Å². The topological polar surface area (TPSA) is 67.7 Å². The van der Waals surface area contributed by atoms with Crippen LogP contribution in [0.1, 0.15) is 34.6 Å². The van der Waals surface area contributed by atoms with Gasteiger partial charge in [-0.2, -0.15) is 5.10 Å². The largest absolute Gasteiger partial charge is 0.453 e. The molecule has 1 aliphatic heterocycles. The summed E-state index contributed by atoms with van der Waals surface area (Å²) in [6, 6.07) is 9.97. The Labute approximate surface area is 158 Å². The van der Waals surface area contributed by atoms with E-state index in [0.29, 0.717) is 31.9 Å². The summed E-state index contributed by atoms with van der Waals surface area (Å²) in [5.41, 5.74) is 3.79. The fourth-order valence-corrected chi connectivity index (χ4v) is 3.97. The maximum absolute atomic E-state index is 13.2. The van der Waals surface area contributed by atoms with Crippen molar-refractivity contribution in [1.29, 1.82) is 0 Å². The zero-order valence-corrected chi connectivity index (χ0v) is 15.6. The maximum atomic E-state index is 13.2. The monoisotopic (exact) mass is 368 g/mol. The summed E-state index contributed by atoms with van der Waals surface area (Å²) in [4.78, 5) is 28.5. The Morgan fingerprint density at radius 3 is 2.48 bits per heavy atom. The van der Waals surface area contributed by atoms with E-state index in [4.69, 9.17) is 9.84 Å². The summed E-state index contributed by atoms with van der Waals surface area (Å²) in [5, 5.41) is 4.70. The van der Waals surface area contributed by atoms with Crippen molar-refractivity contribution in [1.82, 2.24) is 19.6 Å². The van der Waals surface area contributed by atoms with Crippen LogP contribution >= 0.6 is 0 Å². The van der Waals surface area contributed by atoms with Gasteiger partial charge in [-0.05, 0) is 37.8 Å². The van der Waals surface area contributed by atoms with Gasteiger partial charge in [-0.3, -0.25) is 4.79 Å². The van der Waals surface area contributed by atoms with E-state index < -0.39 is 0 Å². The van der Waals surface area contributed by atoms with Crippen molar-refractivity contribution in [3.63, 3.8) is 0 Å². The van der Waals surface area contributed by atoms with Gasteiger partial charge in [-0.15, -0.1) is 0 Å². The number of hydrogen-bond acceptors (Lipinski definition) is 4. The average molecular weight is 368 g/mol. The Balaban J connectivity index is 1.59. The molecule has 1 aromatic heterocycles. The molecule has 1 fully saturated rings. The predicted molar refractivity (Wildman–Crippen MR) is 100 cm³/mol. The minimum atomic E-state index is -0.335. The van der Waals surface area contributed by atoms with Crippen molar-refractivity contribution in [2.24, 2.45) is 0 Å². The summed E-state index contributed by atoms with van der Waals surface area (Å²) >= 11 is 0. The molecule has 0 N–H and O–H groups in total. The van der Waals surface area contributed by atoms with Gasteiger partial charge in [0.1, 0.15) is 0 Å². The van der Waals surface area contributed by atoms with Crippen molar-refractivity contribution in [2.45, 2.75) is 25.7 Å². The molecule has 27 heavy (non-hydrogen) atoms. The number of hydrogen-bond donors (Lipinski definition) is 0. The second-order valence-electron chi connectivity index (χ2n) is 6.98. The van der Waals surface area contributed by atoms with E-state index in [9.17, 15) is 9.59 Å². The Morgan fingerprint density at radius 2 is 1.70 bits per heavy atom. The highest BCUT2D eigenvalue weighted by atomic mass is 16.5. The van der Waals surface area contributed by atoms with Crippen LogP contribution in [0.5, 0.6) is 0 Å². The first-order chi connectivity index (χ1) is 13.2. The highest BCUT2D eigenvalue weighted by Gasteiger charge is 2.31. The third-order valence-corrected chi connectivity index (χ3v) is 5.35. The van der Waals surface area contributed by atoms with Gasteiger partial charge in [0.25, 0.3) is 5.91 Å². The van der Waals surface area contributed by atoms with Crippen LogP contribution in [0.25, 0.3) is 5.69 Å². The molecular formula is C20H24N4O3. The third kappa shape index (κ3) is 3.29. The molecule has 4 rings (SSSR count). The van der Waals surface area contributed by atoms with Crippen LogP contribution in [0.2, 0.25) is 0 Å². The molecular weight excluding hydrogens is 344 g/mol. The summed E-state index contributed by atoms with van der Waals surface area (Å²) in [6.45, 7) is 2.22. The number of nitrogens with zero attached hydrogens (tertiary/aromatic N) is 4. The number of carbonyl (C=O) groups is 2. The molecule has 7 nitrogen and oxygen atoms in total. The molecule has 0 unspecified atom stereocenters. The minimum absolute atomic E-state index is 0.0328. The summed E-state index contributed by atoms with van der Waals surface area (Å²) in [6.07, 6.45) is 3.30. The SMILES string of the molecule is COC(=O)N1CCCN(C(=O)c2nn(-c3ccccc3)c3c2CCC3)CC1. The van der Waals surface area contributed by atoms with Crippen molar-refractivity contribution in [3.05, 3.63) is 47.3 Å². The fraction of sp³-hybridized carbons (Fsp3) is 0.450. The number of amides is 2. The lowest BCUT2D eigenvalue weighted by molar-refractivity contribution is 0.0750. The number of benzene rings is 1. The highest BCUT2D eigenvalue weighted by Crippen LogP contribution is 2.28. The highest BCUT2D eigenvalue weighted by molar-refractivity contribution is 5.94. The number of carbonyl (C=O) groups excluding carboxylic acids is 2. The van der Waals surface area contributed by atoms with Gasteiger partial charge in [0.05, 0.1) is 12.8 Å². The standard InChI is InChI=1S/C20H24N4O3/c1-27-20(26)23-12-6-11-22(13-14-23)19(25)18-16-9-5-10-17(16)24(21-18)15-7-3-2-4-8-15/h2-4,7-8H,5-6,9-14H2,1H3. The molecule has 2 aliphatic rings. The van der Waals surface area contributed by atoms with Gasteiger partial charge in [0, 0.05) is 37.4 Å². The van der Waals surface area contributed by atoms with Crippen LogP contribution in [0.15, 0.2) is 30.3 Å². The van der Waals surface area contributed by atoms with E-state index in [1.807, 2.05) is 39.9 Å². The molecule has 142 valence electrons. The molecule has 7 heteroatoms. The number of rotatable bonds is 2. The lowest BCUT2D eigenvalue weighted by Gasteiger charge is -2.21. The molecule has 0 atom stereocenters. The van der Waals surface area contributed by atoms with Crippen LogP contribution in [-0.4, -0.2) is 64.9 Å². The van der Waals surface area contributed by atoms with Crippen molar-refractivity contribution in [3.8, 4) is 5.69 Å². The number of para-hydroxylation sites is 1. The first-order valence-electron chi connectivity index (χ1n) is 9.47. The molecule has 1 saturated heterocycles. The van der Waals surface area contributed by atoms with Gasteiger partial charge in [-0.1, -0.05) is 18.2 Å². The zero-order valence-electron chi connectivity index (χ0n) is 15.6. The van der Waals surface area contributed by atoms with E-state index in [1.165, 1.54) is 7.11 Å². The van der Waals surface area contributed by atoms with Crippen LogP contribution in [-0.2, 0) is 17.6 Å². The van der Waals surface area contributed by atoms with Gasteiger partial charge < -0.3 is 14.5 Å². The second kappa shape index (κ2) is 7.42. The molecule has 0 bridgehead atoms. The first-order valence-corrected chi connectivity index (χ1v) is 9.47. The second-order valence-corrected chi connectivity index (χ2v) is 6.98. The number of methoxy groups -OCH3 is 1. The zero-order chi connectivity index (χ0) is 18.8. The van der Waals surface area contributed by atoms with Crippen LogP contribution in [0.3, 0.4) is 0 Å². The van der Waals surface area contributed by atoms with Crippen LogP contribution in [0, 0.1) is 0 Å². The molecule has 0 saturated carbocycles. The maximum Gasteiger partial charge on any atom is 0.409 e. The van der Waals surface area contributed by atoms with Gasteiger partial charge in [0.2, 0.25) is 0 Å². The first kappa shape index (κ1) is 17.6. The molecule has 0 radical (unpaired) electrons. The van der Waals surface area contributed by atoms with Gasteiger partial charge in [-0.25, -0.2) is 9.48 Å². The van der Waals surface area contributed by atoms with Crippen molar-refractivity contribution < 1.29 is 14.3 Å². The van der Waals surface area contributed by atoms with E-state index in [-0.39, 0.29) is 12.0 Å². The van der Waals surface area contributed by atoms with Crippen molar-refractivity contribution in [2.75, 3.05) is 33.3 Å². The lowest BCUT2D eigenvalue weighted by atomic mass is 10.2.